The minimum Gasteiger partial charge on any atom is -0.383 e. The molecule has 21 heavy (non-hydrogen) atoms. The monoisotopic (exact) mass is 296 g/mol. The average Bonchev–Trinajstić information content (AvgIpc) is 2.82. The first-order valence-corrected chi connectivity index (χ1v) is 7.35. The standard InChI is InChI=1S/C13H24N6O2/c1-21-10-9-17-4-2-5-18(8-7-17)13(20)12-11-19(6-3-14)16-15-12/h11H,2-10,14H2,1H3. The van der Waals surface area contributed by atoms with Gasteiger partial charge in [0.25, 0.3) is 5.91 Å². The summed E-state index contributed by atoms with van der Waals surface area (Å²) in [6, 6.07) is 0. The minimum absolute atomic E-state index is 0.0492. The second-order valence-electron chi connectivity index (χ2n) is 5.14. The number of carbonyl (C=O) groups excluding carboxylic acids is 1. The van der Waals surface area contributed by atoms with Crippen molar-refractivity contribution in [1.29, 1.82) is 0 Å². The molecule has 0 bridgehead atoms. The van der Waals surface area contributed by atoms with Gasteiger partial charge in [-0.15, -0.1) is 5.10 Å². The molecule has 2 heterocycles. The molecule has 1 aromatic rings. The zero-order chi connectivity index (χ0) is 15.1. The number of hydrogen-bond donors (Lipinski definition) is 1. The van der Waals surface area contributed by atoms with Gasteiger partial charge in [-0.1, -0.05) is 5.21 Å². The van der Waals surface area contributed by atoms with E-state index in [1.165, 1.54) is 0 Å². The lowest BCUT2D eigenvalue weighted by Crippen LogP contribution is -2.36. The fraction of sp³-hybridized carbons (Fsp3) is 0.769. The van der Waals surface area contributed by atoms with Gasteiger partial charge in [-0.05, 0) is 13.0 Å². The van der Waals surface area contributed by atoms with E-state index in [1.807, 2.05) is 4.90 Å². The predicted octanol–water partition coefficient (Wildman–Crippen LogP) is -0.969. The van der Waals surface area contributed by atoms with E-state index < -0.39 is 0 Å². The Kier molecular flexibility index (Phi) is 6.09. The molecule has 1 amide bonds. The van der Waals surface area contributed by atoms with E-state index in [-0.39, 0.29) is 5.91 Å². The van der Waals surface area contributed by atoms with Crippen LogP contribution in [-0.2, 0) is 11.3 Å². The number of ether oxygens (including phenoxy) is 1. The number of nitrogens with two attached hydrogens (primary N) is 1. The first-order chi connectivity index (χ1) is 10.2. The Morgan fingerprint density at radius 3 is 2.95 bits per heavy atom. The fourth-order valence-corrected chi connectivity index (χ4v) is 2.42. The lowest BCUT2D eigenvalue weighted by Gasteiger charge is -2.20. The van der Waals surface area contributed by atoms with Crippen molar-refractivity contribution in [3.63, 3.8) is 0 Å². The molecule has 0 atom stereocenters. The second kappa shape index (κ2) is 8.06. The van der Waals surface area contributed by atoms with Crippen molar-refractivity contribution in [2.75, 3.05) is 53.0 Å². The number of methoxy groups -OCH3 is 1. The molecule has 0 saturated carbocycles. The minimum atomic E-state index is -0.0492. The number of aromatic nitrogens is 3. The van der Waals surface area contributed by atoms with Crippen LogP contribution >= 0.6 is 0 Å². The summed E-state index contributed by atoms with van der Waals surface area (Å²) in [5.74, 6) is -0.0492. The van der Waals surface area contributed by atoms with Crippen LogP contribution in [0.25, 0.3) is 0 Å². The molecule has 8 nitrogen and oxygen atoms in total. The van der Waals surface area contributed by atoms with Gasteiger partial charge in [0.2, 0.25) is 0 Å². The quantitative estimate of drug-likeness (QED) is 0.726. The molecule has 1 aliphatic rings. The van der Waals surface area contributed by atoms with Crippen LogP contribution in [0, 0.1) is 0 Å². The van der Waals surface area contributed by atoms with Gasteiger partial charge in [-0.3, -0.25) is 14.4 Å². The van der Waals surface area contributed by atoms with Crippen LogP contribution in [0.4, 0.5) is 0 Å². The van der Waals surface area contributed by atoms with Crippen LogP contribution < -0.4 is 5.73 Å². The van der Waals surface area contributed by atoms with Gasteiger partial charge in [0.05, 0.1) is 19.3 Å². The maximum absolute atomic E-state index is 12.4. The summed E-state index contributed by atoms with van der Waals surface area (Å²) in [6.45, 7) is 6.02. The topological polar surface area (TPSA) is 89.5 Å². The lowest BCUT2D eigenvalue weighted by molar-refractivity contribution is 0.0753. The Balaban J connectivity index is 1.90. The summed E-state index contributed by atoms with van der Waals surface area (Å²) in [5, 5.41) is 7.85. The van der Waals surface area contributed by atoms with Crippen molar-refractivity contribution in [3.05, 3.63) is 11.9 Å². The Morgan fingerprint density at radius 1 is 1.33 bits per heavy atom. The molecular formula is C13H24N6O2. The molecule has 0 spiro atoms. The molecule has 2 N–H and O–H groups in total. The van der Waals surface area contributed by atoms with Crippen molar-refractivity contribution >= 4 is 5.91 Å². The van der Waals surface area contributed by atoms with Crippen molar-refractivity contribution in [1.82, 2.24) is 24.8 Å². The third kappa shape index (κ3) is 4.48. The molecule has 0 unspecified atom stereocenters. The van der Waals surface area contributed by atoms with Crippen molar-refractivity contribution in [2.24, 2.45) is 5.73 Å². The Hall–Kier alpha value is -1.51. The average molecular weight is 296 g/mol. The van der Waals surface area contributed by atoms with Crippen LogP contribution in [-0.4, -0.2) is 83.7 Å². The molecule has 1 saturated heterocycles. The molecule has 1 aromatic heterocycles. The van der Waals surface area contributed by atoms with E-state index in [2.05, 4.69) is 15.2 Å². The van der Waals surface area contributed by atoms with Gasteiger partial charge < -0.3 is 15.4 Å². The molecule has 0 radical (unpaired) electrons. The highest BCUT2D eigenvalue weighted by Crippen LogP contribution is 2.07. The van der Waals surface area contributed by atoms with Crippen LogP contribution in [0.2, 0.25) is 0 Å². The van der Waals surface area contributed by atoms with Gasteiger partial charge >= 0.3 is 0 Å². The van der Waals surface area contributed by atoms with Gasteiger partial charge in [0, 0.05) is 39.8 Å². The van der Waals surface area contributed by atoms with Gasteiger partial charge in [0.1, 0.15) is 0 Å². The molecular weight excluding hydrogens is 272 g/mol. The first kappa shape index (κ1) is 15.9. The number of nitrogens with zero attached hydrogens (tertiary/aromatic N) is 5. The van der Waals surface area contributed by atoms with Gasteiger partial charge in [0.15, 0.2) is 5.69 Å². The molecule has 118 valence electrons. The summed E-state index contributed by atoms with van der Waals surface area (Å²) in [5.41, 5.74) is 5.86. The maximum Gasteiger partial charge on any atom is 0.276 e. The Bertz CT molecular complexity index is 450. The van der Waals surface area contributed by atoms with Crippen LogP contribution in [0.5, 0.6) is 0 Å². The fourth-order valence-electron chi connectivity index (χ4n) is 2.42. The third-order valence-corrected chi connectivity index (χ3v) is 3.60. The van der Waals surface area contributed by atoms with E-state index in [1.54, 1.807) is 18.0 Å². The summed E-state index contributed by atoms with van der Waals surface area (Å²) >= 11 is 0. The Labute approximate surface area is 124 Å². The van der Waals surface area contributed by atoms with Crippen molar-refractivity contribution in [2.45, 2.75) is 13.0 Å². The van der Waals surface area contributed by atoms with E-state index in [4.69, 9.17) is 10.5 Å². The third-order valence-electron chi connectivity index (χ3n) is 3.60. The normalized spacial score (nSPS) is 17.0. The number of rotatable bonds is 6. The van der Waals surface area contributed by atoms with Crippen LogP contribution in [0.1, 0.15) is 16.9 Å². The molecule has 2 rings (SSSR count). The molecule has 0 aromatic carbocycles. The highest BCUT2D eigenvalue weighted by atomic mass is 16.5. The molecule has 0 aliphatic carbocycles. The van der Waals surface area contributed by atoms with E-state index in [9.17, 15) is 4.79 Å². The second-order valence-corrected chi connectivity index (χ2v) is 5.14. The molecule has 1 aliphatic heterocycles. The van der Waals surface area contributed by atoms with Crippen LogP contribution in [0.15, 0.2) is 6.20 Å². The SMILES string of the molecule is COCCN1CCCN(C(=O)c2cn(CCN)nn2)CC1. The largest absolute Gasteiger partial charge is 0.383 e. The van der Waals surface area contributed by atoms with E-state index in [0.29, 0.717) is 25.3 Å². The van der Waals surface area contributed by atoms with Crippen LogP contribution in [0.3, 0.4) is 0 Å². The summed E-state index contributed by atoms with van der Waals surface area (Å²) in [6.07, 6.45) is 2.63. The van der Waals surface area contributed by atoms with Gasteiger partial charge in [-0.25, -0.2) is 0 Å². The summed E-state index contributed by atoms with van der Waals surface area (Å²) in [4.78, 5) is 16.6. The molecule has 1 fully saturated rings. The van der Waals surface area contributed by atoms with E-state index >= 15 is 0 Å². The first-order valence-electron chi connectivity index (χ1n) is 7.35. The summed E-state index contributed by atoms with van der Waals surface area (Å²) in [7, 11) is 1.71. The zero-order valence-electron chi connectivity index (χ0n) is 12.6. The lowest BCUT2D eigenvalue weighted by atomic mass is 10.3. The molecule has 8 heteroatoms. The van der Waals surface area contributed by atoms with Crippen molar-refractivity contribution in [3.8, 4) is 0 Å². The zero-order valence-corrected chi connectivity index (χ0v) is 12.6. The number of amides is 1. The summed E-state index contributed by atoms with van der Waals surface area (Å²) < 4.78 is 6.71. The highest BCUT2D eigenvalue weighted by molar-refractivity contribution is 5.91. The maximum atomic E-state index is 12.4. The predicted molar refractivity (Wildman–Crippen MR) is 77.9 cm³/mol. The smallest absolute Gasteiger partial charge is 0.276 e. The Morgan fingerprint density at radius 2 is 2.19 bits per heavy atom. The number of hydrogen-bond acceptors (Lipinski definition) is 6. The van der Waals surface area contributed by atoms with Gasteiger partial charge in [-0.2, -0.15) is 0 Å². The highest BCUT2D eigenvalue weighted by Gasteiger charge is 2.22. The van der Waals surface area contributed by atoms with E-state index in [0.717, 1.165) is 39.2 Å². The number of carbonyl (C=O) groups is 1. The van der Waals surface area contributed by atoms with Crippen molar-refractivity contribution < 1.29 is 9.53 Å².